The van der Waals surface area contributed by atoms with Crippen molar-refractivity contribution in [3.63, 3.8) is 0 Å². The number of amides is 3. The van der Waals surface area contributed by atoms with Gasteiger partial charge in [0.05, 0.1) is 12.0 Å². The van der Waals surface area contributed by atoms with Crippen LogP contribution in [-0.2, 0) is 32.1 Å². The molecule has 2 heterocycles. The molecular formula is C45H66N4O6. The Morgan fingerprint density at radius 2 is 1.53 bits per heavy atom. The zero-order valence-electron chi connectivity index (χ0n) is 34.3. The Morgan fingerprint density at radius 3 is 2.15 bits per heavy atom. The zero-order valence-corrected chi connectivity index (χ0v) is 34.3. The van der Waals surface area contributed by atoms with Gasteiger partial charge in [-0.25, -0.2) is 4.79 Å². The number of Topliss-reactive ketones (excluding diaryl/α,β-unsaturated/α-hetero) is 1. The van der Waals surface area contributed by atoms with E-state index in [4.69, 9.17) is 4.74 Å². The molecule has 302 valence electrons. The van der Waals surface area contributed by atoms with Gasteiger partial charge in [0.2, 0.25) is 11.8 Å². The van der Waals surface area contributed by atoms with Crippen LogP contribution in [0.4, 0.5) is 4.79 Å². The number of carbonyl (C=O) groups is 4. The average molecular weight is 759 g/mol. The van der Waals surface area contributed by atoms with Gasteiger partial charge >= 0.3 is 6.09 Å². The highest BCUT2D eigenvalue weighted by Gasteiger charge is 2.46. The van der Waals surface area contributed by atoms with Gasteiger partial charge in [-0.2, -0.15) is 5.06 Å². The summed E-state index contributed by atoms with van der Waals surface area (Å²) in [6, 6.07) is 18.6. The van der Waals surface area contributed by atoms with Crippen molar-refractivity contribution in [2.45, 2.75) is 136 Å². The maximum absolute atomic E-state index is 14.3. The van der Waals surface area contributed by atoms with Gasteiger partial charge in [0.15, 0.2) is 5.78 Å². The van der Waals surface area contributed by atoms with E-state index in [-0.39, 0.29) is 43.2 Å². The number of benzene rings is 2. The SMILES string of the molecule is CC(C)C[C@H](C)/C=C/[C@H](Cc1ccccc1)C(=O)N1CCC[C@H]1C(=O)C[C@@H](CCCNC(=O)OCc1ccccc1)C(=O)NC1CC(C)(C)N(O)C(C)(C)C1. The van der Waals surface area contributed by atoms with Crippen molar-refractivity contribution in [2.75, 3.05) is 13.1 Å². The van der Waals surface area contributed by atoms with Crippen molar-refractivity contribution >= 4 is 23.7 Å². The van der Waals surface area contributed by atoms with Gasteiger partial charge in [-0.05, 0) is 102 Å². The monoisotopic (exact) mass is 758 g/mol. The van der Waals surface area contributed by atoms with Crippen LogP contribution in [0.2, 0.25) is 0 Å². The number of piperidine rings is 1. The Kier molecular flexibility index (Phi) is 16.1. The minimum atomic E-state index is -0.650. The van der Waals surface area contributed by atoms with E-state index in [0.29, 0.717) is 56.9 Å². The Bertz CT molecular complexity index is 1560. The van der Waals surface area contributed by atoms with Crippen LogP contribution >= 0.6 is 0 Å². The summed E-state index contributed by atoms with van der Waals surface area (Å²) in [5.41, 5.74) is 0.833. The first kappa shape index (κ1) is 43.7. The number of alkyl carbamates (subject to hydrolysis) is 1. The van der Waals surface area contributed by atoms with E-state index in [1.165, 1.54) is 5.06 Å². The van der Waals surface area contributed by atoms with E-state index in [1.54, 1.807) is 4.90 Å². The summed E-state index contributed by atoms with van der Waals surface area (Å²) >= 11 is 0. The van der Waals surface area contributed by atoms with Crippen molar-refractivity contribution in [3.8, 4) is 0 Å². The molecule has 0 unspecified atom stereocenters. The lowest BCUT2D eigenvalue weighted by Crippen LogP contribution is -2.63. The Labute approximate surface area is 329 Å². The van der Waals surface area contributed by atoms with Crippen molar-refractivity contribution in [3.05, 3.63) is 83.9 Å². The number of hydrogen-bond acceptors (Lipinski definition) is 7. The first-order chi connectivity index (χ1) is 26.1. The quantitative estimate of drug-likeness (QED) is 0.104. The van der Waals surface area contributed by atoms with Gasteiger partial charge in [0.1, 0.15) is 6.61 Å². The van der Waals surface area contributed by atoms with Gasteiger partial charge in [-0.15, -0.1) is 0 Å². The minimum absolute atomic E-state index is 0.00498. The van der Waals surface area contributed by atoms with E-state index in [0.717, 1.165) is 24.0 Å². The second-order valence-corrected chi connectivity index (χ2v) is 17.5. The lowest BCUT2D eigenvalue weighted by Gasteiger charge is -2.51. The summed E-state index contributed by atoms with van der Waals surface area (Å²) in [6.45, 7) is 15.3. The van der Waals surface area contributed by atoms with Gasteiger partial charge < -0.3 is 25.5 Å². The molecule has 0 aromatic heterocycles. The van der Waals surface area contributed by atoms with Gasteiger partial charge in [-0.1, -0.05) is 93.6 Å². The lowest BCUT2D eigenvalue weighted by molar-refractivity contribution is -0.246. The number of allylic oxidation sites excluding steroid dienone is 1. The molecule has 55 heavy (non-hydrogen) atoms. The Morgan fingerprint density at radius 1 is 0.909 bits per heavy atom. The first-order valence-corrected chi connectivity index (χ1v) is 20.3. The molecule has 2 aliphatic heterocycles. The molecule has 4 atom stereocenters. The molecule has 3 N–H and O–H groups in total. The average Bonchev–Trinajstić information content (AvgIpc) is 3.63. The fraction of sp³-hybridized carbons (Fsp3) is 0.600. The number of rotatable bonds is 18. The predicted molar refractivity (Wildman–Crippen MR) is 216 cm³/mol. The van der Waals surface area contributed by atoms with E-state index in [1.807, 2.05) is 94.4 Å². The van der Waals surface area contributed by atoms with Crippen LogP contribution in [0, 0.1) is 23.7 Å². The van der Waals surface area contributed by atoms with Gasteiger partial charge in [-0.3, -0.25) is 14.4 Å². The topological polar surface area (TPSA) is 128 Å². The number of nitrogens with zero attached hydrogens (tertiary/aromatic N) is 2. The van der Waals surface area contributed by atoms with E-state index >= 15 is 0 Å². The van der Waals surface area contributed by atoms with Gasteiger partial charge in [0.25, 0.3) is 0 Å². The van der Waals surface area contributed by atoms with Crippen LogP contribution in [-0.4, -0.2) is 75.1 Å². The largest absolute Gasteiger partial charge is 0.445 e. The molecule has 2 aromatic carbocycles. The van der Waals surface area contributed by atoms with Crippen LogP contribution in [0.15, 0.2) is 72.8 Å². The molecule has 0 spiro atoms. The smallest absolute Gasteiger partial charge is 0.407 e. The molecule has 10 heteroatoms. The van der Waals surface area contributed by atoms with Crippen LogP contribution < -0.4 is 10.6 Å². The summed E-state index contributed by atoms with van der Waals surface area (Å²) in [6.07, 6.45) is 8.43. The Hall–Kier alpha value is -4.02. The fourth-order valence-corrected chi connectivity index (χ4v) is 8.54. The molecule has 2 aromatic rings. The highest BCUT2D eigenvalue weighted by atomic mass is 16.5. The number of ether oxygens (including phenoxy) is 1. The molecule has 2 aliphatic rings. The van der Waals surface area contributed by atoms with Crippen LogP contribution in [0.25, 0.3) is 0 Å². The van der Waals surface area contributed by atoms with Crippen LogP contribution in [0.3, 0.4) is 0 Å². The third kappa shape index (κ3) is 13.3. The van der Waals surface area contributed by atoms with E-state index in [2.05, 4.69) is 37.5 Å². The van der Waals surface area contributed by atoms with Crippen LogP contribution in [0.1, 0.15) is 111 Å². The van der Waals surface area contributed by atoms with Crippen molar-refractivity contribution in [1.29, 1.82) is 0 Å². The number of carbonyl (C=O) groups excluding carboxylic acids is 4. The number of ketones is 1. The molecule has 4 rings (SSSR count). The predicted octanol–water partition coefficient (Wildman–Crippen LogP) is 7.88. The number of hydrogen-bond donors (Lipinski definition) is 3. The first-order valence-electron chi connectivity index (χ1n) is 20.3. The summed E-state index contributed by atoms with van der Waals surface area (Å²) < 4.78 is 5.35. The molecule has 2 saturated heterocycles. The molecule has 0 radical (unpaired) electrons. The summed E-state index contributed by atoms with van der Waals surface area (Å²) in [5.74, 6) is -0.567. The second-order valence-electron chi connectivity index (χ2n) is 17.5. The van der Waals surface area contributed by atoms with Gasteiger partial charge in [0, 0.05) is 42.5 Å². The molecule has 0 aliphatic carbocycles. The summed E-state index contributed by atoms with van der Waals surface area (Å²) in [5, 5.41) is 18.2. The summed E-state index contributed by atoms with van der Waals surface area (Å²) in [4.78, 5) is 56.8. The Balaban J connectivity index is 1.46. The number of likely N-dealkylation sites (tertiary alicyclic amines) is 1. The fourth-order valence-electron chi connectivity index (χ4n) is 8.54. The molecule has 10 nitrogen and oxygen atoms in total. The van der Waals surface area contributed by atoms with Crippen molar-refractivity contribution in [2.24, 2.45) is 23.7 Å². The maximum atomic E-state index is 14.3. The molecule has 3 amide bonds. The van der Waals surface area contributed by atoms with E-state index < -0.39 is 35.0 Å². The normalized spacial score (nSPS) is 20.2. The standard InChI is InChI=1S/C45H66N4O6/c1-32(2)26-33(3)22-23-37(27-34-16-10-8-11-17-34)42(52)48-25-15-21-39(48)40(50)28-36(20-14-24-46-43(53)55-31-35-18-12-9-13-19-35)41(51)47-38-29-44(4,5)49(54)45(6,7)30-38/h8-13,16-19,22-23,32-33,36-39,54H,14-15,20-21,24-31H2,1-7H3,(H,46,53)(H,47,51)/b23-22+/t33-,36-,37-,39+/m1/s1. The highest BCUT2D eigenvalue weighted by molar-refractivity contribution is 5.93. The third-order valence-corrected chi connectivity index (χ3v) is 11.1. The molecule has 2 fully saturated rings. The molecular weight excluding hydrogens is 693 g/mol. The maximum Gasteiger partial charge on any atom is 0.407 e. The second kappa shape index (κ2) is 20.2. The van der Waals surface area contributed by atoms with Crippen molar-refractivity contribution in [1.82, 2.24) is 20.6 Å². The molecule has 0 saturated carbocycles. The van der Waals surface area contributed by atoms with Crippen molar-refractivity contribution < 1.29 is 29.1 Å². The summed E-state index contributed by atoms with van der Waals surface area (Å²) in [7, 11) is 0. The zero-order chi connectivity index (χ0) is 40.2. The lowest BCUT2D eigenvalue weighted by atomic mass is 9.78. The number of nitrogens with one attached hydrogen (secondary N) is 2. The number of hydroxylamine groups is 2. The molecule has 0 bridgehead atoms. The minimum Gasteiger partial charge on any atom is -0.445 e. The van der Waals surface area contributed by atoms with Crippen LogP contribution in [0.5, 0.6) is 0 Å². The highest BCUT2D eigenvalue weighted by Crippen LogP contribution is 2.37. The van der Waals surface area contributed by atoms with E-state index in [9.17, 15) is 24.4 Å². The third-order valence-electron chi connectivity index (χ3n) is 11.1.